The first-order chi connectivity index (χ1) is 20.8. The minimum Gasteiger partial charge on any atom is -0.481 e. The second-order valence-electron chi connectivity index (χ2n) is 12.0. The van der Waals surface area contributed by atoms with Gasteiger partial charge in [-0.2, -0.15) is 0 Å². The van der Waals surface area contributed by atoms with Crippen molar-refractivity contribution in [2.24, 2.45) is 23.7 Å². The fourth-order valence-corrected chi connectivity index (χ4v) is 5.34. The SMILES string of the molecule is CC[C@@H]1C(=O)O[C@@H](C(C)C)[C@H](C)/C=C/C=C/C=C/C=C/C=C/[C@H](O)[C@@H](C(=O)O)[C@@H](O)C[C@@H](O)CCC[C@@H](O)C[C@@H](O)C[C@H]1O. The molecule has 1 aliphatic rings. The first-order valence-electron chi connectivity index (χ1n) is 15.6. The number of hydrogen-bond acceptors (Lipinski definition) is 9. The van der Waals surface area contributed by atoms with Crippen LogP contribution in [0.25, 0.3) is 0 Å². The molecule has 10 nitrogen and oxygen atoms in total. The minimum absolute atomic E-state index is 0.0162. The Balaban J connectivity index is 3.13. The number of carbonyl (C=O) groups excluding carboxylic acids is 1. The van der Waals surface area contributed by atoms with Crippen molar-refractivity contribution >= 4 is 11.9 Å². The summed E-state index contributed by atoms with van der Waals surface area (Å²) in [7, 11) is 0. The van der Waals surface area contributed by atoms with Crippen LogP contribution in [0.5, 0.6) is 0 Å². The summed E-state index contributed by atoms with van der Waals surface area (Å²) in [5, 5.41) is 72.4. The van der Waals surface area contributed by atoms with Crippen LogP contribution in [0.15, 0.2) is 60.8 Å². The Bertz CT molecular complexity index is 985. The lowest BCUT2D eigenvalue weighted by atomic mass is 9.90. The number of hydrogen-bond donors (Lipinski definition) is 7. The molecule has 0 bridgehead atoms. The molecule has 0 aromatic carbocycles. The summed E-state index contributed by atoms with van der Waals surface area (Å²) in [6.45, 7) is 7.61. The van der Waals surface area contributed by atoms with Gasteiger partial charge in [-0.05, 0) is 38.0 Å². The van der Waals surface area contributed by atoms with Gasteiger partial charge < -0.3 is 40.5 Å². The van der Waals surface area contributed by atoms with Gasteiger partial charge in [0, 0.05) is 18.8 Å². The molecule has 0 aliphatic carbocycles. The molecule has 0 aromatic rings. The number of aliphatic hydroxyl groups excluding tert-OH is 6. The molecule has 7 N–H and O–H groups in total. The van der Waals surface area contributed by atoms with E-state index in [2.05, 4.69) is 0 Å². The van der Waals surface area contributed by atoms with Gasteiger partial charge in [-0.1, -0.05) is 88.5 Å². The maximum Gasteiger partial charge on any atom is 0.312 e. The third-order valence-corrected chi connectivity index (χ3v) is 7.85. The van der Waals surface area contributed by atoms with Gasteiger partial charge in [0.05, 0.1) is 42.5 Å². The van der Waals surface area contributed by atoms with E-state index in [0.717, 1.165) is 0 Å². The van der Waals surface area contributed by atoms with E-state index >= 15 is 0 Å². The molecule has 0 unspecified atom stereocenters. The molecule has 0 amide bonds. The Labute approximate surface area is 261 Å². The summed E-state index contributed by atoms with van der Waals surface area (Å²) in [5.41, 5.74) is 0. The van der Waals surface area contributed by atoms with Crippen LogP contribution >= 0.6 is 0 Å². The van der Waals surface area contributed by atoms with Crippen LogP contribution in [0.1, 0.15) is 72.6 Å². The number of ether oxygens (including phenoxy) is 1. The maximum absolute atomic E-state index is 13.1. The van der Waals surface area contributed by atoms with Crippen LogP contribution in [0.4, 0.5) is 0 Å². The summed E-state index contributed by atoms with van der Waals surface area (Å²) < 4.78 is 5.85. The van der Waals surface area contributed by atoms with Gasteiger partial charge in [0.2, 0.25) is 0 Å². The van der Waals surface area contributed by atoms with E-state index in [0.29, 0.717) is 12.8 Å². The highest BCUT2D eigenvalue weighted by Gasteiger charge is 2.34. The first kappa shape index (κ1) is 39.4. The molecular formula is C34H54O10. The molecule has 0 saturated carbocycles. The van der Waals surface area contributed by atoms with Gasteiger partial charge in [-0.25, -0.2) is 0 Å². The van der Waals surface area contributed by atoms with E-state index in [-0.39, 0.29) is 43.9 Å². The number of carbonyl (C=O) groups is 2. The lowest BCUT2D eigenvalue weighted by Gasteiger charge is -2.29. The first-order valence-corrected chi connectivity index (χ1v) is 15.6. The molecule has 0 aromatic heterocycles. The third kappa shape index (κ3) is 14.9. The Hall–Kier alpha value is -2.60. The zero-order chi connectivity index (χ0) is 33.2. The van der Waals surface area contributed by atoms with E-state index in [1.54, 1.807) is 37.3 Å². The van der Waals surface area contributed by atoms with Crippen molar-refractivity contribution in [2.75, 3.05) is 0 Å². The Kier molecular flexibility index (Phi) is 19.0. The quantitative estimate of drug-likeness (QED) is 0.231. The van der Waals surface area contributed by atoms with Gasteiger partial charge in [-0.15, -0.1) is 0 Å². The zero-order valence-electron chi connectivity index (χ0n) is 26.4. The van der Waals surface area contributed by atoms with E-state index in [9.17, 15) is 45.3 Å². The topological polar surface area (TPSA) is 185 Å². The van der Waals surface area contributed by atoms with Crippen molar-refractivity contribution in [3.63, 3.8) is 0 Å². The molecule has 0 fully saturated rings. The predicted octanol–water partition coefficient (Wildman–Crippen LogP) is 3.22. The van der Waals surface area contributed by atoms with Crippen LogP contribution in [-0.4, -0.2) is 90.4 Å². The van der Waals surface area contributed by atoms with Crippen molar-refractivity contribution in [3.05, 3.63) is 60.8 Å². The number of rotatable bonds is 3. The number of esters is 1. The molecule has 1 aliphatic heterocycles. The summed E-state index contributed by atoms with van der Waals surface area (Å²) in [6, 6.07) is 0. The summed E-state index contributed by atoms with van der Waals surface area (Å²) >= 11 is 0. The Morgan fingerprint density at radius 3 is 1.82 bits per heavy atom. The second kappa shape index (κ2) is 21.2. The predicted molar refractivity (Wildman–Crippen MR) is 168 cm³/mol. The van der Waals surface area contributed by atoms with Crippen LogP contribution in [0.3, 0.4) is 0 Å². The molecule has 0 saturated heterocycles. The van der Waals surface area contributed by atoms with Crippen LogP contribution in [-0.2, 0) is 14.3 Å². The average molecular weight is 623 g/mol. The zero-order valence-corrected chi connectivity index (χ0v) is 26.4. The van der Waals surface area contributed by atoms with Crippen molar-refractivity contribution in [3.8, 4) is 0 Å². The van der Waals surface area contributed by atoms with E-state index in [1.807, 2.05) is 39.0 Å². The molecule has 250 valence electrons. The molecule has 10 atom stereocenters. The van der Waals surface area contributed by atoms with Gasteiger partial charge >= 0.3 is 11.9 Å². The Morgan fingerprint density at radius 1 is 0.795 bits per heavy atom. The molecule has 1 heterocycles. The van der Waals surface area contributed by atoms with Crippen LogP contribution in [0.2, 0.25) is 0 Å². The van der Waals surface area contributed by atoms with Crippen molar-refractivity contribution in [2.45, 2.75) is 115 Å². The largest absolute Gasteiger partial charge is 0.481 e. The van der Waals surface area contributed by atoms with Crippen molar-refractivity contribution in [1.82, 2.24) is 0 Å². The lowest BCUT2D eigenvalue weighted by molar-refractivity contribution is -0.163. The normalized spacial score (nSPS) is 38.4. The second-order valence-corrected chi connectivity index (χ2v) is 12.0. The molecular weight excluding hydrogens is 568 g/mol. The number of aliphatic carboxylic acids is 1. The fourth-order valence-electron chi connectivity index (χ4n) is 5.34. The van der Waals surface area contributed by atoms with Crippen LogP contribution < -0.4 is 0 Å². The molecule has 44 heavy (non-hydrogen) atoms. The molecule has 1 rings (SSSR count). The number of aliphatic hydroxyl groups is 6. The monoisotopic (exact) mass is 622 g/mol. The number of cyclic esters (lactones) is 1. The third-order valence-electron chi connectivity index (χ3n) is 7.85. The van der Waals surface area contributed by atoms with E-state index in [4.69, 9.17) is 4.74 Å². The molecule has 0 spiro atoms. The summed E-state index contributed by atoms with van der Waals surface area (Å²) in [4.78, 5) is 24.8. The summed E-state index contributed by atoms with van der Waals surface area (Å²) in [6.07, 6.45) is 9.78. The van der Waals surface area contributed by atoms with Gasteiger partial charge in [-0.3, -0.25) is 9.59 Å². The van der Waals surface area contributed by atoms with Crippen molar-refractivity contribution < 1.29 is 50.1 Å². The average Bonchev–Trinajstić information content (AvgIpc) is 2.91. The number of allylic oxidation sites excluding steroid dienone is 8. The van der Waals surface area contributed by atoms with Gasteiger partial charge in [0.1, 0.15) is 12.0 Å². The highest BCUT2D eigenvalue weighted by atomic mass is 16.5. The minimum atomic E-state index is -1.54. The highest BCUT2D eigenvalue weighted by molar-refractivity contribution is 5.73. The number of carboxylic acid groups (broad SMARTS) is 1. The molecule has 0 radical (unpaired) electrons. The van der Waals surface area contributed by atoms with E-state index < -0.39 is 66.5 Å². The Morgan fingerprint density at radius 2 is 1.30 bits per heavy atom. The van der Waals surface area contributed by atoms with Crippen molar-refractivity contribution in [1.29, 1.82) is 0 Å². The fraction of sp³-hybridized carbons (Fsp3) is 0.647. The molecule has 10 heteroatoms. The smallest absolute Gasteiger partial charge is 0.312 e. The van der Waals surface area contributed by atoms with E-state index in [1.165, 1.54) is 12.2 Å². The van der Waals surface area contributed by atoms with Gasteiger partial charge in [0.25, 0.3) is 0 Å². The van der Waals surface area contributed by atoms with Crippen LogP contribution in [0, 0.1) is 23.7 Å². The highest BCUT2D eigenvalue weighted by Crippen LogP contribution is 2.24. The standard InChI is InChI=1S/C34H54O10/c1-5-27-29(39)21-26(37)19-24(35)16-14-17-25(36)20-30(40)31(33(41)42)28(38)18-13-11-9-7-6-8-10-12-15-23(4)32(22(2)3)44-34(27)43/h6-13,15,18,22-32,35-40H,5,14,16-17,19-21H2,1-4H3,(H,41,42)/b7-6+,10-8+,11-9+,15-12+,18-13+/t23-,24-,25+,26-,27+,28+,29-,30+,31-,32+/m1/s1. The number of carboxylic acids is 1. The van der Waals surface area contributed by atoms with Gasteiger partial charge in [0.15, 0.2) is 0 Å². The maximum atomic E-state index is 13.1. The lowest BCUT2D eigenvalue weighted by Crippen LogP contribution is -2.39. The summed E-state index contributed by atoms with van der Waals surface area (Å²) in [5.74, 6) is -4.41.